The number of rotatable bonds is 9. The Hall–Kier alpha value is -3.33. The molecule has 0 bridgehead atoms. The topological polar surface area (TPSA) is 121 Å². The summed E-state index contributed by atoms with van der Waals surface area (Å²) in [5.41, 5.74) is 2.20. The largest absolute Gasteiger partial charge is 0.393 e. The molecule has 4 N–H and O–H groups in total. The number of benzene rings is 1. The van der Waals surface area contributed by atoms with Crippen molar-refractivity contribution in [1.82, 2.24) is 24.1 Å². The van der Waals surface area contributed by atoms with E-state index in [1.54, 1.807) is 14.0 Å². The molecule has 0 aliphatic rings. The van der Waals surface area contributed by atoms with Crippen molar-refractivity contribution in [3.05, 3.63) is 56.9 Å². The maximum absolute atomic E-state index is 12.8. The molecule has 1 unspecified atom stereocenters. The van der Waals surface area contributed by atoms with Crippen LogP contribution in [-0.2, 0) is 20.0 Å². The molecule has 31 heavy (non-hydrogen) atoms. The van der Waals surface area contributed by atoms with Crippen molar-refractivity contribution in [2.24, 2.45) is 7.05 Å². The number of fused-ring (bicyclic) bond motifs is 2. The highest BCUT2D eigenvalue weighted by atomic mass is 16.3. The summed E-state index contributed by atoms with van der Waals surface area (Å²) in [5, 5.41) is 13.8. The van der Waals surface area contributed by atoms with Gasteiger partial charge in [0.25, 0.3) is 5.56 Å². The number of H-pyrrole nitrogens is 2. The highest BCUT2D eigenvalue weighted by molar-refractivity contribution is 5.83. The van der Waals surface area contributed by atoms with Crippen LogP contribution in [0, 0.1) is 0 Å². The van der Waals surface area contributed by atoms with Gasteiger partial charge in [0.1, 0.15) is 0 Å². The zero-order valence-electron chi connectivity index (χ0n) is 17.8. The van der Waals surface area contributed by atoms with Crippen molar-refractivity contribution in [3.8, 4) is 0 Å². The second kappa shape index (κ2) is 8.81. The average Bonchev–Trinajstić information content (AvgIpc) is 3.36. The van der Waals surface area contributed by atoms with Gasteiger partial charge in [-0.3, -0.25) is 13.9 Å². The van der Waals surface area contributed by atoms with E-state index in [1.807, 2.05) is 24.4 Å². The fourth-order valence-electron chi connectivity index (χ4n) is 3.89. The number of aryl methyl sites for hydroxylation is 1. The first-order valence-corrected chi connectivity index (χ1v) is 10.6. The molecule has 0 radical (unpaired) electrons. The summed E-state index contributed by atoms with van der Waals surface area (Å²) in [4.78, 5) is 36.2. The van der Waals surface area contributed by atoms with Gasteiger partial charge >= 0.3 is 5.69 Å². The number of unbranched alkanes of at least 4 members (excludes halogenated alkanes) is 1. The number of aliphatic hydroxyl groups excluding tert-OH is 1. The van der Waals surface area contributed by atoms with E-state index < -0.39 is 0 Å². The van der Waals surface area contributed by atoms with Crippen LogP contribution in [0.3, 0.4) is 0 Å². The minimum absolute atomic E-state index is 0.312. The van der Waals surface area contributed by atoms with Crippen LogP contribution in [0.2, 0.25) is 0 Å². The summed E-state index contributed by atoms with van der Waals surface area (Å²) in [6, 6.07) is 8.14. The molecule has 9 heteroatoms. The minimum atomic E-state index is -0.383. The van der Waals surface area contributed by atoms with Gasteiger partial charge in [-0.1, -0.05) is 18.2 Å². The third-order valence-electron chi connectivity index (χ3n) is 5.59. The maximum Gasteiger partial charge on any atom is 0.332 e. The molecule has 0 amide bonds. The number of nitrogens with zero attached hydrogens (tertiary/aromatic N) is 3. The van der Waals surface area contributed by atoms with E-state index in [1.165, 1.54) is 20.1 Å². The van der Waals surface area contributed by atoms with Gasteiger partial charge in [0.2, 0.25) is 5.95 Å². The molecule has 0 spiro atoms. The predicted octanol–water partition coefficient (Wildman–Crippen LogP) is 2.11. The number of hydrogen-bond acceptors (Lipinski definition) is 5. The Labute approximate surface area is 178 Å². The van der Waals surface area contributed by atoms with Gasteiger partial charge in [-0.2, -0.15) is 4.98 Å². The third kappa shape index (κ3) is 4.27. The second-order valence-electron chi connectivity index (χ2n) is 7.96. The van der Waals surface area contributed by atoms with Crippen LogP contribution in [0.1, 0.15) is 31.7 Å². The van der Waals surface area contributed by atoms with Crippen molar-refractivity contribution in [3.63, 3.8) is 0 Å². The number of aromatic amines is 2. The van der Waals surface area contributed by atoms with Crippen LogP contribution in [0.25, 0.3) is 22.1 Å². The first kappa shape index (κ1) is 20.9. The van der Waals surface area contributed by atoms with E-state index in [0.717, 1.165) is 18.4 Å². The molecule has 164 valence electrons. The first-order valence-electron chi connectivity index (χ1n) is 10.6. The van der Waals surface area contributed by atoms with Crippen LogP contribution in [0.4, 0.5) is 5.95 Å². The summed E-state index contributed by atoms with van der Waals surface area (Å²) >= 11 is 0. The number of imidazole rings is 1. The zero-order valence-corrected chi connectivity index (χ0v) is 17.8. The molecule has 0 fully saturated rings. The summed E-state index contributed by atoms with van der Waals surface area (Å²) in [7, 11) is 1.62. The van der Waals surface area contributed by atoms with Gasteiger partial charge in [0.05, 0.1) is 6.10 Å². The SMILES string of the molecule is CC(O)CCCCn1c(=O)c2[nH]c(NCCc3c[nH]c4ccccc34)nc2n(C)c1=O. The first-order chi connectivity index (χ1) is 15.0. The number of para-hydroxylation sites is 1. The van der Waals surface area contributed by atoms with Gasteiger partial charge in [-0.25, -0.2) is 4.79 Å². The number of nitrogens with one attached hydrogen (secondary N) is 3. The fraction of sp³-hybridized carbons (Fsp3) is 0.409. The Balaban J connectivity index is 1.49. The lowest BCUT2D eigenvalue weighted by Crippen LogP contribution is -2.39. The molecular weight excluding hydrogens is 396 g/mol. The Bertz CT molecular complexity index is 1310. The van der Waals surface area contributed by atoms with Crippen LogP contribution in [-0.4, -0.2) is 41.8 Å². The van der Waals surface area contributed by atoms with Gasteiger partial charge < -0.3 is 20.4 Å². The lowest BCUT2D eigenvalue weighted by Gasteiger charge is -2.08. The fourth-order valence-corrected chi connectivity index (χ4v) is 3.89. The molecule has 3 aromatic heterocycles. The molecule has 3 heterocycles. The maximum atomic E-state index is 12.8. The number of aliphatic hydroxyl groups is 1. The molecule has 0 saturated heterocycles. The van der Waals surface area contributed by atoms with Crippen LogP contribution < -0.4 is 16.6 Å². The standard InChI is InChI=1S/C22H28N6O3/c1-14(29)7-5-6-12-28-20(30)18-19(27(2)22(28)31)26-21(25-18)23-11-10-15-13-24-17-9-4-3-8-16(15)17/h3-4,8-9,13-14,24,29H,5-7,10-12H2,1-2H3,(H2,23,25,26). The van der Waals surface area contributed by atoms with Crippen molar-refractivity contribution >= 4 is 28.0 Å². The van der Waals surface area contributed by atoms with Crippen LogP contribution in [0.5, 0.6) is 0 Å². The number of aromatic nitrogens is 5. The quantitative estimate of drug-likeness (QED) is 0.307. The normalized spacial score (nSPS) is 12.6. The molecule has 0 aliphatic carbocycles. The summed E-state index contributed by atoms with van der Waals surface area (Å²) in [6.45, 7) is 2.68. The van der Waals surface area contributed by atoms with Gasteiger partial charge in [0, 0.05) is 37.2 Å². The molecule has 1 atom stereocenters. The highest BCUT2D eigenvalue weighted by Crippen LogP contribution is 2.18. The smallest absolute Gasteiger partial charge is 0.332 e. The number of anilines is 1. The molecule has 0 aliphatic heterocycles. The van der Waals surface area contributed by atoms with E-state index >= 15 is 0 Å². The number of hydrogen-bond donors (Lipinski definition) is 4. The van der Waals surface area contributed by atoms with Crippen molar-refractivity contribution in [2.45, 2.75) is 45.3 Å². The van der Waals surface area contributed by atoms with E-state index in [0.29, 0.717) is 43.0 Å². The predicted molar refractivity (Wildman–Crippen MR) is 122 cm³/mol. The summed E-state index contributed by atoms with van der Waals surface area (Å²) in [6.07, 6.45) is 4.45. The molecule has 4 aromatic rings. The minimum Gasteiger partial charge on any atom is -0.393 e. The Morgan fingerprint density at radius 2 is 2.03 bits per heavy atom. The van der Waals surface area contributed by atoms with E-state index in [9.17, 15) is 14.7 Å². The Morgan fingerprint density at radius 1 is 1.23 bits per heavy atom. The van der Waals surface area contributed by atoms with E-state index in [-0.39, 0.29) is 17.4 Å². The van der Waals surface area contributed by atoms with Gasteiger partial charge in [0.15, 0.2) is 11.2 Å². The Morgan fingerprint density at radius 3 is 2.84 bits per heavy atom. The van der Waals surface area contributed by atoms with Crippen molar-refractivity contribution in [2.75, 3.05) is 11.9 Å². The summed E-state index contributed by atoms with van der Waals surface area (Å²) < 4.78 is 2.63. The Kier molecular flexibility index (Phi) is 5.94. The molecule has 9 nitrogen and oxygen atoms in total. The molecule has 0 saturated carbocycles. The van der Waals surface area contributed by atoms with E-state index in [2.05, 4.69) is 26.3 Å². The highest BCUT2D eigenvalue weighted by Gasteiger charge is 2.15. The second-order valence-corrected chi connectivity index (χ2v) is 7.96. The van der Waals surface area contributed by atoms with Gasteiger partial charge in [-0.15, -0.1) is 0 Å². The van der Waals surface area contributed by atoms with E-state index in [4.69, 9.17) is 0 Å². The zero-order chi connectivity index (χ0) is 22.0. The lowest BCUT2D eigenvalue weighted by molar-refractivity contribution is 0.180. The van der Waals surface area contributed by atoms with Crippen molar-refractivity contribution < 1.29 is 5.11 Å². The monoisotopic (exact) mass is 424 g/mol. The molecule has 4 rings (SSSR count). The molecular formula is C22H28N6O3. The molecule has 1 aromatic carbocycles. The summed E-state index contributed by atoms with van der Waals surface area (Å²) in [5.74, 6) is 0.466. The van der Waals surface area contributed by atoms with Crippen LogP contribution >= 0.6 is 0 Å². The van der Waals surface area contributed by atoms with Crippen LogP contribution in [0.15, 0.2) is 40.1 Å². The van der Waals surface area contributed by atoms with Crippen molar-refractivity contribution in [1.29, 1.82) is 0 Å². The lowest BCUT2D eigenvalue weighted by atomic mass is 10.1. The average molecular weight is 425 g/mol. The van der Waals surface area contributed by atoms with Gasteiger partial charge in [-0.05, 0) is 44.2 Å². The third-order valence-corrected chi connectivity index (χ3v) is 5.59.